The molecule has 3 aromatic rings. The van der Waals surface area contributed by atoms with Gasteiger partial charge >= 0.3 is 5.97 Å². The molecule has 0 radical (unpaired) electrons. The number of hydrogen-bond acceptors (Lipinski definition) is 4. The first-order valence-corrected chi connectivity index (χ1v) is 6.35. The van der Waals surface area contributed by atoms with Crippen molar-refractivity contribution >= 4 is 28.6 Å². The third kappa shape index (κ3) is 2.43. The molecular weight excluding hydrogens is 262 g/mol. The summed E-state index contributed by atoms with van der Waals surface area (Å²) >= 11 is 1.41. The van der Waals surface area contributed by atoms with E-state index < -0.39 is 5.97 Å². The van der Waals surface area contributed by atoms with Crippen LogP contribution < -0.4 is 0 Å². The van der Waals surface area contributed by atoms with Gasteiger partial charge in [-0.25, -0.2) is 14.8 Å². The van der Waals surface area contributed by atoms with Gasteiger partial charge in [-0.3, -0.25) is 0 Å². The van der Waals surface area contributed by atoms with Gasteiger partial charge in [0.1, 0.15) is 5.03 Å². The molecule has 2 aromatic heterocycles. The van der Waals surface area contributed by atoms with E-state index >= 15 is 0 Å². The molecule has 0 fully saturated rings. The second-order valence-electron chi connectivity index (χ2n) is 3.87. The Labute approximate surface area is 112 Å². The highest BCUT2D eigenvalue weighted by atomic mass is 32.2. The van der Waals surface area contributed by atoms with Crippen LogP contribution in [0.1, 0.15) is 10.5 Å². The minimum atomic E-state index is -1.07. The number of carboxylic acids is 1. The van der Waals surface area contributed by atoms with Crippen LogP contribution in [0, 0.1) is 0 Å². The van der Waals surface area contributed by atoms with Crippen LogP contribution in [0.15, 0.2) is 52.8 Å². The Morgan fingerprint density at radius 2 is 2.05 bits per heavy atom. The monoisotopic (exact) mass is 271 g/mol. The van der Waals surface area contributed by atoms with Crippen molar-refractivity contribution < 1.29 is 9.90 Å². The lowest BCUT2D eigenvalue weighted by Gasteiger charge is -1.97. The summed E-state index contributed by atoms with van der Waals surface area (Å²) in [4.78, 5) is 21.8. The summed E-state index contributed by atoms with van der Waals surface area (Å²) in [6.45, 7) is 0. The molecule has 0 spiro atoms. The molecule has 3 rings (SSSR count). The van der Waals surface area contributed by atoms with Crippen LogP contribution in [0.2, 0.25) is 0 Å². The zero-order valence-electron chi connectivity index (χ0n) is 9.70. The molecule has 94 valence electrons. The molecule has 0 aliphatic carbocycles. The van der Waals surface area contributed by atoms with Crippen molar-refractivity contribution in [2.75, 3.05) is 0 Å². The Hall–Kier alpha value is -2.34. The third-order valence-corrected chi connectivity index (χ3v) is 3.43. The average Bonchev–Trinajstić information content (AvgIpc) is 2.81. The molecular formula is C13H9N3O2S. The summed E-state index contributed by atoms with van der Waals surface area (Å²) in [5.41, 5.74) is 1.00. The van der Waals surface area contributed by atoms with Gasteiger partial charge in [0.15, 0.2) is 5.69 Å². The number of nitrogens with one attached hydrogen (secondary N) is 1. The minimum absolute atomic E-state index is 0.0546. The smallest absolute Gasteiger partial charge is 0.356 e. The maximum absolute atomic E-state index is 10.7. The lowest BCUT2D eigenvalue weighted by Crippen LogP contribution is -2.00. The fourth-order valence-electron chi connectivity index (χ4n) is 1.69. The van der Waals surface area contributed by atoms with Crippen molar-refractivity contribution in [1.82, 2.24) is 15.0 Å². The number of aromatic carboxylic acids is 1. The van der Waals surface area contributed by atoms with Gasteiger partial charge in [0.05, 0.1) is 17.4 Å². The van der Waals surface area contributed by atoms with Gasteiger partial charge in [-0.1, -0.05) is 30.0 Å². The Bertz CT molecular complexity index is 704. The summed E-state index contributed by atoms with van der Waals surface area (Å²) in [5.74, 6) is -1.07. The standard InChI is InChI=1S/C13H9N3O2S/c17-13(18)10-6-15-12(7-14-10)19-11-5-8-3-1-2-4-9(8)16-11/h1-7,16H,(H,17,18). The number of H-pyrrole nitrogens is 1. The molecule has 0 saturated heterocycles. The van der Waals surface area contributed by atoms with Gasteiger partial charge < -0.3 is 10.1 Å². The minimum Gasteiger partial charge on any atom is -0.476 e. The summed E-state index contributed by atoms with van der Waals surface area (Å²) in [6, 6.07) is 9.99. The fourth-order valence-corrected chi connectivity index (χ4v) is 2.48. The largest absolute Gasteiger partial charge is 0.476 e. The molecule has 2 heterocycles. The lowest BCUT2D eigenvalue weighted by molar-refractivity contribution is 0.0689. The molecule has 2 N–H and O–H groups in total. The molecule has 6 heteroatoms. The Morgan fingerprint density at radius 1 is 1.21 bits per heavy atom. The van der Waals surface area contributed by atoms with Crippen LogP contribution in [0.5, 0.6) is 0 Å². The van der Waals surface area contributed by atoms with Crippen LogP contribution in [-0.4, -0.2) is 26.0 Å². The molecule has 19 heavy (non-hydrogen) atoms. The van der Waals surface area contributed by atoms with Crippen molar-refractivity contribution in [3.05, 3.63) is 48.4 Å². The number of nitrogens with zero attached hydrogens (tertiary/aromatic N) is 2. The molecule has 0 aliphatic heterocycles. The first kappa shape index (κ1) is 11.7. The van der Waals surface area contributed by atoms with E-state index in [1.165, 1.54) is 24.2 Å². The number of benzene rings is 1. The van der Waals surface area contributed by atoms with E-state index in [9.17, 15) is 4.79 Å². The van der Waals surface area contributed by atoms with E-state index in [0.29, 0.717) is 5.03 Å². The van der Waals surface area contributed by atoms with Crippen molar-refractivity contribution in [3.8, 4) is 0 Å². The van der Waals surface area contributed by atoms with Crippen LogP contribution in [0.25, 0.3) is 10.9 Å². The van der Waals surface area contributed by atoms with Crippen LogP contribution >= 0.6 is 11.8 Å². The fraction of sp³-hybridized carbons (Fsp3) is 0. The van der Waals surface area contributed by atoms with Gasteiger partial charge in [-0.05, 0) is 12.1 Å². The number of aromatic amines is 1. The molecule has 0 atom stereocenters. The Morgan fingerprint density at radius 3 is 2.74 bits per heavy atom. The number of para-hydroxylation sites is 1. The summed E-state index contributed by atoms with van der Waals surface area (Å²) in [6.07, 6.45) is 2.72. The number of carboxylic acid groups (broad SMARTS) is 1. The number of rotatable bonds is 3. The van der Waals surface area contributed by atoms with Gasteiger partial charge in [0.2, 0.25) is 0 Å². The molecule has 0 aliphatic rings. The Balaban J connectivity index is 1.86. The van der Waals surface area contributed by atoms with Crippen LogP contribution in [-0.2, 0) is 0 Å². The van der Waals surface area contributed by atoms with Crippen molar-refractivity contribution in [2.24, 2.45) is 0 Å². The maximum Gasteiger partial charge on any atom is 0.356 e. The number of fused-ring (bicyclic) bond motifs is 1. The third-order valence-electron chi connectivity index (χ3n) is 2.57. The molecule has 1 aromatic carbocycles. The van der Waals surface area contributed by atoms with E-state index in [1.54, 1.807) is 0 Å². The highest BCUT2D eigenvalue weighted by Crippen LogP contribution is 2.27. The Kier molecular flexibility index (Phi) is 2.92. The zero-order valence-corrected chi connectivity index (χ0v) is 10.5. The second kappa shape index (κ2) is 4.74. The molecule has 0 bridgehead atoms. The topological polar surface area (TPSA) is 78.9 Å². The summed E-state index contributed by atoms with van der Waals surface area (Å²) in [7, 11) is 0. The highest BCUT2D eigenvalue weighted by molar-refractivity contribution is 7.99. The predicted molar refractivity (Wildman–Crippen MR) is 71.4 cm³/mol. The maximum atomic E-state index is 10.7. The first-order valence-electron chi connectivity index (χ1n) is 5.53. The van der Waals surface area contributed by atoms with Gasteiger partial charge in [-0.15, -0.1) is 0 Å². The predicted octanol–water partition coefficient (Wildman–Crippen LogP) is 2.81. The van der Waals surface area contributed by atoms with Crippen LogP contribution in [0.4, 0.5) is 0 Å². The SMILES string of the molecule is O=C(O)c1cnc(Sc2cc3ccccc3[nH]2)cn1. The van der Waals surface area contributed by atoms with E-state index in [1.807, 2.05) is 30.3 Å². The van der Waals surface area contributed by atoms with Crippen molar-refractivity contribution in [2.45, 2.75) is 10.1 Å². The van der Waals surface area contributed by atoms with E-state index in [-0.39, 0.29) is 5.69 Å². The average molecular weight is 271 g/mol. The molecule has 0 saturated carbocycles. The van der Waals surface area contributed by atoms with Gasteiger partial charge in [0, 0.05) is 10.9 Å². The first-order chi connectivity index (χ1) is 9.22. The van der Waals surface area contributed by atoms with Gasteiger partial charge in [0.25, 0.3) is 0 Å². The van der Waals surface area contributed by atoms with Crippen LogP contribution in [0.3, 0.4) is 0 Å². The van der Waals surface area contributed by atoms with Crippen molar-refractivity contribution in [3.63, 3.8) is 0 Å². The van der Waals surface area contributed by atoms with E-state index in [2.05, 4.69) is 15.0 Å². The molecule has 0 unspecified atom stereocenters. The summed E-state index contributed by atoms with van der Waals surface area (Å²) < 4.78 is 0. The number of hydrogen-bond donors (Lipinski definition) is 2. The normalized spacial score (nSPS) is 10.7. The lowest BCUT2D eigenvalue weighted by atomic mass is 10.3. The zero-order chi connectivity index (χ0) is 13.2. The van der Waals surface area contributed by atoms with Crippen molar-refractivity contribution in [1.29, 1.82) is 0 Å². The second-order valence-corrected chi connectivity index (χ2v) is 4.93. The molecule has 0 amide bonds. The van der Waals surface area contributed by atoms with E-state index in [0.717, 1.165) is 15.9 Å². The quantitative estimate of drug-likeness (QED) is 0.765. The number of aromatic nitrogens is 3. The van der Waals surface area contributed by atoms with Gasteiger partial charge in [-0.2, -0.15) is 0 Å². The molecule has 5 nitrogen and oxygen atoms in total. The number of carbonyl (C=O) groups is 1. The highest BCUT2D eigenvalue weighted by Gasteiger charge is 2.07. The summed E-state index contributed by atoms with van der Waals surface area (Å²) in [5, 5.41) is 11.5. The van der Waals surface area contributed by atoms with E-state index in [4.69, 9.17) is 5.11 Å².